The molecular weight excluding hydrogens is 330 g/mol. The molecule has 1 heterocycles. The Morgan fingerprint density at radius 3 is 2.42 bits per heavy atom. The number of halogens is 1. The molecule has 0 amide bonds. The van der Waals surface area contributed by atoms with E-state index in [2.05, 4.69) is 0 Å². The standard InChI is InChI=1S/C17H22BFO4S/c1-11(20)24-10-13(8-12-9-14(19)6-7-15(12)21)18-22-16(2,3)17(4,5)23-18/h6-9,21H,10H2,1-5H3. The number of phenolic OH excluding ortho intramolecular Hbond substituents is 1. The monoisotopic (exact) mass is 352 g/mol. The average Bonchev–Trinajstić information content (AvgIpc) is 2.66. The molecule has 1 aliphatic rings. The number of aromatic hydroxyl groups is 1. The molecule has 0 saturated carbocycles. The van der Waals surface area contributed by atoms with E-state index in [1.807, 2.05) is 27.7 Å². The van der Waals surface area contributed by atoms with Gasteiger partial charge in [0.2, 0.25) is 0 Å². The first-order chi connectivity index (χ1) is 11.0. The van der Waals surface area contributed by atoms with Gasteiger partial charge in [0.25, 0.3) is 0 Å². The summed E-state index contributed by atoms with van der Waals surface area (Å²) >= 11 is 1.11. The van der Waals surface area contributed by atoms with E-state index in [1.54, 1.807) is 6.08 Å². The summed E-state index contributed by atoms with van der Waals surface area (Å²) in [6.45, 7) is 9.21. The Kier molecular flexibility index (Phi) is 5.47. The first-order valence-corrected chi connectivity index (χ1v) is 8.68. The molecule has 0 bridgehead atoms. The molecule has 7 heteroatoms. The molecule has 1 aromatic carbocycles. The topological polar surface area (TPSA) is 55.8 Å². The minimum Gasteiger partial charge on any atom is -0.507 e. The van der Waals surface area contributed by atoms with Crippen LogP contribution in [-0.4, -0.2) is 34.3 Å². The van der Waals surface area contributed by atoms with Crippen molar-refractivity contribution in [3.63, 3.8) is 0 Å². The van der Waals surface area contributed by atoms with Crippen molar-refractivity contribution in [3.05, 3.63) is 35.1 Å². The lowest BCUT2D eigenvalue weighted by atomic mass is 9.78. The fraction of sp³-hybridized carbons (Fsp3) is 0.471. The molecule has 0 spiro atoms. The Bertz CT molecular complexity index is 657. The number of carbonyl (C=O) groups excluding carboxylic acids is 1. The Morgan fingerprint density at radius 2 is 1.88 bits per heavy atom. The highest BCUT2D eigenvalue weighted by Gasteiger charge is 2.52. The Hall–Kier alpha value is -1.31. The second-order valence-corrected chi connectivity index (χ2v) is 7.94. The summed E-state index contributed by atoms with van der Waals surface area (Å²) < 4.78 is 25.5. The van der Waals surface area contributed by atoms with Gasteiger partial charge in [0, 0.05) is 18.2 Å². The molecule has 1 saturated heterocycles. The second-order valence-electron chi connectivity index (χ2n) is 6.79. The van der Waals surface area contributed by atoms with Crippen LogP contribution in [0.1, 0.15) is 40.2 Å². The zero-order chi connectivity index (χ0) is 18.1. The lowest BCUT2D eigenvalue weighted by molar-refractivity contribution is -0.109. The Balaban J connectivity index is 2.37. The van der Waals surface area contributed by atoms with Gasteiger partial charge < -0.3 is 14.4 Å². The molecule has 1 N–H and O–H groups in total. The SMILES string of the molecule is CC(=O)SCC(=Cc1cc(F)ccc1O)B1OC(C)(C)C(C)(C)O1. The van der Waals surface area contributed by atoms with Crippen LogP contribution in [0.4, 0.5) is 4.39 Å². The van der Waals surface area contributed by atoms with Crippen molar-refractivity contribution >= 4 is 30.1 Å². The first kappa shape index (κ1) is 19.0. The third-order valence-electron chi connectivity index (χ3n) is 4.33. The highest BCUT2D eigenvalue weighted by Crippen LogP contribution is 2.39. The number of thioether (sulfide) groups is 1. The molecular formula is C17H22BFO4S. The van der Waals surface area contributed by atoms with E-state index in [0.717, 1.165) is 11.8 Å². The number of phenols is 1. The van der Waals surface area contributed by atoms with Gasteiger partial charge in [0.15, 0.2) is 5.12 Å². The van der Waals surface area contributed by atoms with E-state index in [1.165, 1.54) is 25.1 Å². The van der Waals surface area contributed by atoms with E-state index >= 15 is 0 Å². The van der Waals surface area contributed by atoms with E-state index in [9.17, 15) is 14.3 Å². The third kappa shape index (κ3) is 4.20. The molecule has 1 aliphatic heterocycles. The van der Waals surface area contributed by atoms with Gasteiger partial charge in [-0.3, -0.25) is 4.79 Å². The summed E-state index contributed by atoms with van der Waals surface area (Å²) in [4.78, 5) is 11.3. The van der Waals surface area contributed by atoms with Gasteiger partial charge >= 0.3 is 7.12 Å². The van der Waals surface area contributed by atoms with Gasteiger partial charge in [-0.1, -0.05) is 17.8 Å². The maximum atomic E-state index is 13.5. The van der Waals surface area contributed by atoms with Crippen LogP contribution >= 0.6 is 11.8 Å². The number of hydrogen-bond donors (Lipinski definition) is 1. The predicted molar refractivity (Wildman–Crippen MR) is 95.3 cm³/mol. The molecule has 1 aromatic rings. The van der Waals surface area contributed by atoms with E-state index in [-0.39, 0.29) is 10.9 Å². The Morgan fingerprint density at radius 1 is 1.29 bits per heavy atom. The van der Waals surface area contributed by atoms with Crippen LogP contribution in [-0.2, 0) is 14.1 Å². The van der Waals surface area contributed by atoms with Crippen LogP contribution in [0.3, 0.4) is 0 Å². The van der Waals surface area contributed by atoms with Gasteiger partial charge in [0.05, 0.1) is 11.2 Å². The van der Waals surface area contributed by atoms with Crippen molar-refractivity contribution in [2.45, 2.75) is 45.8 Å². The smallest absolute Gasteiger partial charge is 0.491 e. The average molecular weight is 352 g/mol. The lowest BCUT2D eigenvalue weighted by Crippen LogP contribution is -2.41. The van der Waals surface area contributed by atoms with Crippen molar-refractivity contribution in [2.75, 3.05) is 5.75 Å². The number of rotatable bonds is 4. The second kappa shape index (κ2) is 6.90. The molecule has 0 radical (unpaired) electrons. The summed E-state index contributed by atoms with van der Waals surface area (Å²) in [6.07, 6.45) is 1.62. The minimum absolute atomic E-state index is 0.0409. The molecule has 130 valence electrons. The van der Waals surface area contributed by atoms with Crippen molar-refractivity contribution in [1.29, 1.82) is 0 Å². The lowest BCUT2D eigenvalue weighted by Gasteiger charge is -2.32. The van der Waals surface area contributed by atoms with Gasteiger partial charge in [-0.15, -0.1) is 0 Å². The molecule has 0 atom stereocenters. The number of carbonyl (C=O) groups is 1. The summed E-state index contributed by atoms with van der Waals surface area (Å²) in [6, 6.07) is 3.71. The fourth-order valence-electron chi connectivity index (χ4n) is 2.20. The molecule has 4 nitrogen and oxygen atoms in total. The number of benzene rings is 1. The van der Waals surface area contributed by atoms with Gasteiger partial charge in [-0.25, -0.2) is 4.39 Å². The van der Waals surface area contributed by atoms with Gasteiger partial charge in [0.1, 0.15) is 11.6 Å². The van der Waals surface area contributed by atoms with Crippen LogP contribution in [0.5, 0.6) is 5.75 Å². The summed E-state index contributed by atoms with van der Waals surface area (Å²) in [5, 5.41) is 9.90. The van der Waals surface area contributed by atoms with Crippen LogP contribution in [0.25, 0.3) is 6.08 Å². The van der Waals surface area contributed by atoms with E-state index in [4.69, 9.17) is 9.31 Å². The molecule has 2 rings (SSSR count). The predicted octanol–water partition coefficient (Wildman–Crippen LogP) is 3.83. The zero-order valence-electron chi connectivity index (χ0n) is 14.6. The summed E-state index contributed by atoms with van der Waals surface area (Å²) in [5.74, 6) is -0.160. The summed E-state index contributed by atoms with van der Waals surface area (Å²) in [5.41, 5.74) is -0.0675. The highest BCUT2D eigenvalue weighted by atomic mass is 32.2. The van der Waals surface area contributed by atoms with Crippen LogP contribution in [0.2, 0.25) is 0 Å². The Labute approximate surface area is 146 Å². The van der Waals surface area contributed by atoms with E-state index < -0.39 is 24.1 Å². The normalized spacial score (nSPS) is 19.6. The highest BCUT2D eigenvalue weighted by molar-refractivity contribution is 8.13. The van der Waals surface area contributed by atoms with Crippen molar-refractivity contribution in [2.24, 2.45) is 0 Å². The first-order valence-electron chi connectivity index (χ1n) is 7.70. The zero-order valence-corrected chi connectivity index (χ0v) is 15.4. The van der Waals surface area contributed by atoms with Crippen LogP contribution in [0.15, 0.2) is 23.7 Å². The molecule has 0 aromatic heterocycles. The van der Waals surface area contributed by atoms with Crippen LogP contribution in [0, 0.1) is 5.82 Å². The van der Waals surface area contributed by atoms with Gasteiger partial charge in [-0.2, -0.15) is 0 Å². The molecule has 0 unspecified atom stereocenters. The third-order valence-corrected chi connectivity index (χ3v) is 5.21. The number of hydrogen-bond acceptors (Lipinski definition) is 5. The van der Waals surface area contributed by atoms with Gasteiger partial charge in [-0.05, 0) is 51.4 Å². The summed E-state index contributed by atoms with van der Waals surface area (Å²) in [7, 11) is -0.662. The van der Waals surface area contributed by atoms with Crippen molar-refractivity contribution < 1.29 is 23.6 Å². The van der Waals surface area contributed by atoms with Crippen molar-refractivity contribution in [3.8, 4) is 5.75 Å². The molecule has 0 aliphatic carbocycles. The minimum atomic E-state index is -0.662. The fourth-order valence-corrected chi connectivity index (χ4v) is 2.79. The molecule has 1 fully saturated rings. The van der Waals surface area contributed by atoms with E-state index in [0.29, 0.717) is 16.8 Å². The van der Waals surface area contributed by atoms with Crippen molar-refractivity contribution in [1.82, 2.24) is 0 Å². The van der Waals surface area contributed by atoms with Crippen LogP contribution < -0.4 is 0 Å². The maximum absolute atomic E-state index is 13.5. The largest absolute Gasteiger partial charge is 0.507 e. The molecule has 24 heavy (non-hydrogen) atoms. The quantitative estimate of drug-likeness (QED) is 0.835. The maximum Gasteiger partial charge on any atom is 0.491 e.